The largest absolute Gasteiger partial charge is 0.453 e. The van der Waals surface area contributed by atoms with Crippen LogP contribution in [0.15, 0.2) is 0 Å². The van der Waals surface area contributed by atoms with Gasteiger partial charge in [-0.25, -0.2) is 0 Å². The highest BCUT2D eigenvalue weighted by Gasteiger charge is 2.38. The normalized spacial score (nSPS) is 12.6. The second-order valence-corrected chi connectivity index (χ2v) is 3.61. The Balaban J connectivity index is 2.61. The summed E-state index contributed by atoms with van der Waals surface area (Å²) in [5.41, 5.74) is 0. The van der Waals surface area contributed by atoms with Crippen LogP contribution >= 0.6 is 11.3 Å². The Kier molecular flexibility index (Phi) is 1.95. The number of aromatic nitrogens is 4. The summed E-state index contributed by atoms with van der Waals surface area (Å²) < 4.78 is 37.7. The van der Waals surface area contributed by atoms with Crippen LogP contribution in [0, 0.1) is 0 Å². The quantitative estimate of drug-likeness (QED) is 0.738. The molecule has 0 aliphatic rings. The van der Waals surface area contributed by atoms with E-state index in [0.29, 0.717) is 11.4 Å². The van der Waals surface area contributed by atoms with Crippen molar-refractivity contribution >= 4 is 16.3 Å². The Morgan fingerprint density at radius 2 is 2.07 bits per heavy atom. The van der Waals surface area contributed by atoms with Crippen molar-refractivity contribution in [3.05, 3.63) is 10.8 Å². The maximum absolute atomic E-state index is 12.3. The molecule has 0 saturated carbocycles. The summed E-state index contributed by atoms with van der Waals surface area (Å²) in [6.07, 6.45) is -3.91. The maximum atomic E-state index is 12.3. The molecule has 2 aromatic heterocycles. The predicted octanol–water partition coefficient (Wildman–Crippen LogP) is 1.77. The zero-order valence-electron chi connectivity index (χ0n) is 7.04. The molecule has 0 saturated heterocycles. The molecule has 0 aliphatic heterocycles. The SMILES string of the molecule is CCc1nn2c(C(F)(F)F)nnc2s1. The molecule has 8 heteroatoms. The summed E-state index contributed by atoms with van der Waals surface area (Å²) in [4.78, 5) is 0.175. The van der Waals surface area contributed by atoms with Crippen LogP contribution in [-0.4, -0.2) is 19.8 Å². The van der Waals surface area contributed by atoms with E-state index in [1.54, 1.807) is 0 Å². The van der Waals surface area contributed by atoms with Gasteiger partial charge in [0.1, 0.15) is 5.01 Å². The Morgan fingerprint density at radius 3 is 2.64 bits per heavy atom. The fourth-order valence-corrected chi connectivity index (χ4v) is 1.75. The first-order chi connectivity index (χ1) is 6.52. The molecule has 76 valence electrons. The van der Waals surface area contributed by atoms with Crippen LogP contribution in [0.2, 0.25) is 0 Å². The smallest absolute Gasteiger partial charge is 0.178 e. The third-order valence-electron chi connectivity index (χ3n) is 1.59. The molecule has 2 rings (SSSR count). The molecule has 0 aliphatic carbocycles. The topological polar surface area (TPSA) is 43.1 Å². The van der Waals surface area contributed by atoms with Crippen LogP contribution in [0.5, 0.6) is 0 Å². The zero-order valence-corrected chi connectivity index (χ0v) is 7.85. The lowest BCUT2D eigenvalue weighted by atomic mass is 10.5. The van der Waals surface area contributed by atoms with E-state index in [1.165, 1.54) is 0 Å². The second-order valence-electron chi connectivity index (χ2n) is 2.57. The van der Waals surface area contributed by atoms with Gasteiger partial charge >= 0.3 is 6.18 Å². The van der Waals surface area contributed by atoms with Crippen LogP contribution in [0.1, 0.15) is 17.8 Å². The molecule has 0 bridgehead atoms. The van der Waals surface area contributed by atoms with Crippen molar-refractivity contribution in [1.29, 1.82) is 0 Å². The summed E-state index contributed by atoms with van der Waals surface area (Å²) in [5.74, 6) is -1.07. The van der Waals surface area contributed by atoms with Crippen molar-refractivity contribution < 1.29 is 13.2 Å². The molecule has 0 amide bonds. The molecule has 2 aromatic rings. The Bertz CT molecular complexity index is 457. The summed E-state index contributed by atoms with van der Waals surface area (Å²) in [6, 6.07) is 0. The summed E-state index contributed by atoms with van der Waals surface area (Å²) >= 11 is 1.11. The van der Waals surface area contributed by atoms with Crippen LogP contribution in [0.25, 0.3) is 4.96 Å². The first kappa shape index (κ1) is 9.38. The van der Waals surface area contributed by atoms with Crippen LogP contribution < -0.4 is 0 Å². The van der Waals surface area contributed by atoms with Gasteiger partial charge in [0.05, 0.1) is 0 Å². The molecule has 4 nitrogen and oxygen atoms in total. The molecule has 0 N–H and O–H groups in total. The number of rotatable bonds is 1. The highest BCUT2D eigenvalue weighted by atomic mass is 32.1. The first-order valence-electron chi connectivity index (χ1n) is 3.80. The molecule has 0 spiro atoms. The fourth-order valence-electron chi connectivity index (χ4n) is 0.976. The lowest BCUT2D eigenvalue weighted by Crippen LogP contribution is -2.11. The highest BCUT2D eigenvalue weighted by Crippen LogP contribution is 2.28. The Hall–Kier alpha value is -1.18. The standard InChI is InChI=1S/C6H5F3N4S/c1-2-3-12-13-4(6(7,8)9)10-11-5(13)14-3/h2H2,1H3. The molecule has 0 aromatic carbocycles. The number of aryl methyl sites for hydroxylation is 1. The summed E-state index contributed by atoms with van der Waals surface area (Å²) in [5, 5.41) is 10.8. The van der Waals surface area contributed by atoms with E-state index in [1.807, 2.05) is 6.92 Å². The van der Waals surface area contributed by atoms with Crippen LogP contribution in [0.3, 0.4) is 0 Å². The molecule has 0 unspecified atom stereocenters. The van der Waals surface area contributed by atoms with Crippen molar-refractivity contribution in [3.63, 3.8) is 0 Å². The Morgan fingerprint density at radius 1 is 1.36 bits per heavy atom. The highest BCUT2D eigenvalue weighted by molar-refractivity contribution is 7.16. The monoisotopic (exact) mass is 222 g/mol. The first-order valence-corrected chi connectivity index (χ1v) is 4.62. The van der Waals surface area contributed by atoms with E-state index < -0.39 is 12.0 Å². The average Bonchev–Trinajstić information content (AvgIpc) is 2.57. The maximum Gasteiger partial charge on any atom is 0.453 e. The van der Waals surface area contributed by atoms with Crippen LogP contribution in [-0.2, 0) is 12.6 Å². The van der Waals surface area contributed by atoms with E-state index in [-0.39, 0.29) is 4.96 Å². The number of halogens is 3. The second kappa shape index (κ2) is 2.91. The minimum atomic E-state index is -4.50. The van der Waals surface area contributed by atoms with Gasteiger partial charge in [0.2, 0.25) is 4.96 Å². The molecule has 0 radical (unpaired) electrons. The van der Waals surface area contributed by atoms with Crippen LogP contribution in [0.4, 0.5) is 13.2 Å². The van der Waals surface area contributed by atoms with Crippen molar-refractivity contribution in [2.24, 2.45) is 0 Å². The number of nitrogens with zero attached hydrogens (tertiary/aromatic N) is 4. The van der Waals surface area contributed by atoms with Gasteiger partial charge in [-0.3, -0.25) is 0 Å². The number of hydrogen-bond acceptors (Lipinski definition) is 4. The lowest BCUT2D eigenvalue weighted by molar-refractivity contribution is -0.146. The molecule has 14 heavy (non-hydrogen) atoms. The minimum Gasteiger partial charge on any atom is -0.178 e. The van der Waals surface area contributed by atoms with E-state index in [2.05, 4.69) is 15.3 Å². The van der Waals surface area contributed by atoms with Gasteiger partial charge in [-0.2, -0.15) is 22.8 Å². The van der Waals surface area contributed by atoms with E-state index in [4.69, 9.17) is 0 Å². The molecule has 2 heterocycles. The van der Waals surface area contributed by atoms with E-state index >= 15 is 0 Å². The van der Waals surface area contributed by atoms with Crippen molar-refractivity contribution in [2.45, 2.75) is 19.5 Å². The lowest BCUT2D eigenvalue weighted by Gasteiger charge is -1.99. The molecule has 0 fully saturated rings. The van der Waals surface area contributed by atoms with E-state index in [0.717, 1.165) is 15.9 Å². The van der Waals surface area contributed by atoms with Crippen molar-refractivity contribution in [3.8, 4) is 0 Å². The van der Waals surface area contributed by atoms with Gasteiger partial charge in [-0.15, -0.1) is 10.2 Å². The minimum absolute atomic E-state index is 0.175. The number of fused-ring (bicyclic) bond motifs is 1. The number of alkyl halides is 3. The van der Waals surface area contributed by atoms with Crippen molar-refractivity contribution in [1.82, 2.24) is 19.8 Å². The summed E-state index contributed by atoms with van der Waals surface area (Å²) in [6.45, 7) is 1.82. The van der Waals surface area contributed by atoms with Gasteiger partial charge in [-0.1, -0.05) is 18.3 Å². The molecular weight excluding hydrogens is 217 g/mol. The van der Waals surface area contributed by atoms with Gasteiger partial charge in [0.15, 0.2) is 0 Å². The van der Waals surface area contributed by atoms with Gasteiger partial charge in [-0.05, 0) is 6.42 Å². The Labute approximate surface area is 80.4 Å². The van der Waals surface area contributed by atoms with Gasteiger partial charge in [0.25, 0.3) is 5.82 Å². The van der Waals surface area contributed by atoms with Gasteiger partial charge in [0, 0.05) is 0 Å². The fraction of sp³-hybridized carbons (Fsp3) is 0.500. The zero-order chi connectivity index (χ0) is 10.3. The third kappa shape index (κ3) is 1.35. The molecule has 0 atom stereocenters. The third-order valence-corrected chi connectivity index (χ3v) is 2.63. The summed E-state index contributed by atoms with van der Waals surface area (Å²) in [7, 11) is 0. The predicted molar refractivity (Wildman–Crippen MR) is 43.0 cm³/mol. The van der Waals surface area contributed by atoms with Crippen molar-refractivity contribution in [2.75, 3.05) is 0 Å². The van der Waals surface area contributed by atoms with E-state index in [9.17, 15) is 13.2 Å². The molecular formula is C6H5F3N4S. The average molecular weight is 222 g/mol. The van der Waals surface area contributed by atoms with Gasteiger partial charge < -0.3 is 0 Å². The number of hydrogen-bond donors (Lipinski definition) is 0.